The number of para-hydroxylation sites is 2. The van der Waals surface area contributed by atoms with Gasteiger partial charge in [-0.2, -0.15) is 0 Å². The second-order valence-electron chi connectivity index (χ2n) is 8.68. The minimum absolute atomic E-state index is 0.0292. The lowest BCUT2D eigenvalue weighted by Gasteiger charge is -2.47. The van der Waals surface area contributed by atoms with Gasteiger partial charge in [0, 0.05) is 48.8 Å². The summed E-state index contributed by atoms with van der Waals surface area (Å²) in [5.41, 5.74) is 3.74. The Hall–Kier alpha value is -3.52. The number of carbonyl (C=O) groups excluding carboxylic acids is 2. The molecule has 8 heteroatoms. The summed E-state index contributed by atoms with van der Waals surface area (Å²) in [5.74, 6) is 1.03. The minimum atomic E-state index is -0.587. The lowest BCUT2D eigenvalue weighted by molar-refractivity contribution is -0.158. The smallest absolute Gasteiger partial charge is 0.246 e. The molecule has 0 spiro atoms. The highest BCUT2D eigenvalue weighted by atomic mass is 16.5. The van der Waals surface area contributed by atoms with Gasteiger partial charge in [-0.15, -0.1) is 0 Å². The molecule has 2 aliphatic heterocycles. The van der Waals surface area contributed by atoms with Gasteiger partial charge in [0.05, 0.1) is 20.8 Å². The lowest BCUT2D eigenvalue weighted by atomic mass is 9.85. The average molecular weight is 464 g/mol. The molecule has 2 aliphatic rings. The van der Waals surface area contributed by atoms with Gasteiger partial charge in [0.1, 0.15) is 12.1 Å². The molecule has 2 amide bonds. The van der Waals surface area contributed by atoms with E-state index in [1.165, 1.54) is 0 Å². The third-order valence-electron chi connectivity index (χ3n) is 6.85. The van der Waals surface area contributed by atoms with Crippen molar-refractivity contribution in [3.63, 3.8) is 0 Å². The highest BCUT2D eigenvalue weighted by Gasteiger charge is 2.48. The molecule has 34 heavy (non-hydrogen) atoms. The van der Waals surface area contributed by atoms with E-state index >= 15 is 0 Å². The van der Waals surface area contributed by atoms with Crippen LogP contribution in [0.1, 0.15) is 29.3 Å². The Morgan fingerprint density at radius 2 is 1.85 bits per heavy atom. The number of nitrogens with zero attached hydrogens (tertiary/aromatic N) is 2. The van der Waals surface area contributed by atoms with Crippen molar-refractivity contribution >= 4 is 22.7 Å². The maximum atomic E-state index is 13.6. The van der Waals surface area contributed by atoms with Gasteiger partial charge in [0.25, 0.3) is 0 Å². The summed E-state index contributed by atoms with van der Waals surface area (Å²) in [6.07, 6.45) is 1.15. The van der Waals surface area contributed by atoms with Gasteiger partial charge in [0.15, 0.2) is 11.5 Å². The second-order valence-corrected chi connectivity index (χ2v) is 8.68. The van der Waals surface area contributed by atoms with Crippen molar-refractivity contribution in [3.05, 3.63) is 59.3 Å². The van der Waals surface area contributed by atoms with Crippen LogP contribution in [0.5, 0.6) is 11.5 Å². The van der Waals surface area contributed by atoms with E-state index in [9.17, 15) is 9.59 Å². The topological polar surface area (TPSA) is 84.1 Å². The van der Waals surface area contributed by atoms with Crippen molar-refractivity contribution in [2.75, 3.05) is 41.0 Å². The Morgan fingerprint density at radius 1 is 1.03 bits per heavy atom. The number of nitrogens with one attached hydrogen (secondary N) is 1. The number of rotatable bonds is 7. The van der Waals surface area contributed by atoms with E-state index in [0.29, 0.717) is 37.5 Å². The Kier molecular flexibility index (Phi) is 5.91. The highest BCUT2D eigenvalue weighted by Crippen LogP contribution is 2.46. The number of methoxy groups -OCH3 is 3. The van der Waals surface area contributed by atoms with Crippen LogP contribution in [0.3, 0.4) is 0 Å². The Bertz CT molecular complexity index is 1240. The van der Waals surface area contributed by atoms with Crippen LogP contribution in [0.4, 0.5) is 0 Å². The van der Waals surface area contributed by atoms with Crippen LogP contribution >= 0.6 is 0 Å². The first-order chi connectivity index (χ1) is 16.6. The quantitative estimate of drug-likeness (QED) is 0.545. The summed E-state index contributed by atoms with van der Waals surface area (Å²) in [5, 5.41) is 1.07. The molecule has 0 unspecified atom stereocenters. The molecule has 1 N–H and O–H groups in total. The lowest BCUT2D eigenvalue weighted by Crippen LogP contribution is -2.63. The van der Waals surface area contributed by atoms with Gasteiger partial charge in [-0.25, -0.2) is 0 Å². The maximum Gasteiger partial charge on any atom is 0.246 e. The number of hydrogen-bond donors (Lipinski definition) is 1. The molecule has 3 heterocycles. The Labute approximate surface area is 198 Å². The van der Waals surface area contributed by atoms with Crippen molar-refractivity contribution in [3.8, 4) is 11.5 Å². The van der Waals surface area contributed by atoms with Crippen molar-refractivity contribution in [1.29, 1.82) is 0 Å². The van der Waals surface area contributed by atoms with E-state index in [1.54, 1.807) is 31.1 Å². The standard InChI is InChI=1S/C26H29N3O5/c1-32-13-7-12-28-15-22(30)29-20(26(28)31)14-18-16-8-4-5-10-19(16)27-23(18)24(29)17-9-6-11-21(33-2)25(17)34-3/h4-6,8-11,20,24,27H,7,12-15H2,1-3H3/t20-,24+/m0/s1. The van der Waals surface area contributed by atoms with Crippen molar-refractivity contribution in [2.24, 2.45) is 0 Å². The third kappa shape index (κ3) is 3.49. The third-order valence-corrected chi connectivity index (χ3v) is 6.85. The van der Waals surface area contributed by atoms with E-state index in [0.717, 1.165) is 27.7 Å². The number of piperazine rings is 1. The van der Waals surface area contributed by atoms with E-state index in [1.807, 2.05) is 36.4 Å². The molecule has 0 bridgehead atoms. The normalized spacial score (nSPS) is 19.9. The number of fused-ring (bicyclic) bond motifs is 4. The van der Waals surface area contributed by atoms with Crippen LogP contribution in [-0.4, -0.2) is 73.7 Å². The molecule has 8 nitrogen and oxygen atoms in total. The minimum Gasteiger partial charge on any atom is -0.493 e. The molecule has 0 aliphatic carbocycles. The molecular weight excluding hydrogens is 434 g/mol. The second kappa shape index (κ2) is 9.02. The first-order valence-corrected chi connectivity index (χ1v) is 11.5. The first-order valence-electron chi connectivity index (χ1n) is 11.5. The monoisotopic (exact) mass is 463 g/mol. The molecule has 178 valence electrons. The van der Waals surface area contributed by atoms with Gasteiger partial charge in [-0.05, 0) is 24.1 Å². The maximum absolute atomic E-state index is 13.6. The molecule has 0 saturated carbocycles. The van der Waals surface area contributed by atoms with Gasteiger partial charge >= 0.3 is 0 Å². The fourth-order valence-corrected chi connectivity index (χ4v) is 5.36. The van der Waals surface area contributed by atoms with Gasteiger partial charge < -0.3 is 29.0 Å². The fraction of sp³-hybridized carbons (Fsp3) is 0.385. The van der Waals surface area contributed by atoms with Gasteiger partial charge in [-0.1, -0.05) is 30.3 Å². The van der Waals surface area contributed by atoms with Gasteiger partial charge in [0.2, 0.25) is 11.8 Å². The average Bonchev–Trinajstić information content (AvgIpc) is 3.23. The predicted molar refractivity (Wildman–Crippen MR) is 127 cm³/mol. The molecule has 1 saturated heterocycles. The summed E-state index contributed by atoms with van der Waals surface area (Å²) in [6, 6.07) is 12.6. The van der Waals surface area contributed by atoms with E-state index in [4.69, 9.17) is 14.2 Å². The van der Waals surface area contributed by atoms with Crippen LogP contribution < -0.4 is 9.47 Å². The van der Waals surface area contributed by atoms with Crippen LogP contribution in [0.15, 0.2) is 42.5 Å². The van der Waals surface area contributed by atoms with Crippen molar-refractivity contribution in [2.45, 2.75) is 24.9 Å². The summed E-state index contributed by atoms with van der Waals surface area (Å²) in [4.78, 5) is 34.2. The van der Waals surface area contributed by atoms with Crippen molar-refractivity contribution < 1.29 is 23.8 Å². The number of carbonyl (C=O) groups is 2. The first kappa shape index (κ1) is 22.3. The van der Waals surface area contributed by atoms with E-state index < -0.39 is 12.1 Å². The summed E-state index contributed by atoms with van der Waals surface area (Å²) >= 11 is 0. The molecular formula is C26H29N3O5. The zero-order valence-electron chi connectivity index (χ0n) is 19.7. The van der Waals surface area contributed by atoms with E-state index in [2.05, 4.69) is 11.1 Å². The largest absolute Gasteiger partial charge is 0.493 e. The van der Waals surface area contributed by atoms with E-state index in [-0.39, 0.29) is 18.4 Å². The zero-order valence-corrected chi connectivity index (χ0v) is 19.7. The van der Waals surface area contributed by atoms with Gasteiger partial charge in [-0.3, -0.25) is 9.59 Å². The Morgan fingerprint density at radius 3 is 2.62 bits per heavy atom. The number of ether oxygens (including phenoxy) is 3. The number of aromatic nitrogens is 1. The molecule has 2 atom stereocenters. The molecule has 2 aromatic carbocycles. The van der Waals surface area contributed by atoms with Crippen LogP contribution in [0.25, 0.3) is 10.9 Å². The highest BCUT2D eigenvalue weighted by molar-refractivity contribution is 5.97. The number of amides is 2. The Balaban J connectivity index is 1.67. The molecule has 1 fully saturated rings. The fourth-order valence-electron chi connectivity index (χ4n) is 5.36. The predicted octanol–water partition coefficient (Wildman–Crippen LogP) is 2.91. The van der Waals surface area contributed by atoms with Crippen LogP contribution in [0.2, 0.25) is 0 Å². The molecule has 1 aromatic heterocycles. The summed E-state index contributed by atoms with van der Waals surface area (Å²) in [6.45, 7) is 1.09. The number of aromatic amines is 1. The molecule has 5 rings (SSSR count). The SMILES string of the molecule is COCCCN1CC(=O)N2[C@H](c3cccc(OC)c3OC)c3[nH]c4ccccc4c3C[C@H]2C1=O. The molecule has 0 radical (unpaired) electrons. The number of benzene rings is 2. The van der Waals surface area contributed by atoms with Crippen LogP contribution in [0, 0.1) is 0 Å². The summed E-state index contributed by atoms with van der Waals surface area (Å²) in [7, 11) is 4.82. The summed E-state index contributed by atoms with van der Waals surface area (Å²) < 4.78 is 16.4. The zero-order chi connectivity index (χ0) is 23.8. The molecule has 3 aromatic rings. The number of H-pyrrole nitrogens is 1. The van der Waals surface area contributed by atoms with Crippen LogP contribution in [-0.2, 0) is 20.7 Å². The number of hydrogen-bond acceptors (Lipinski definition) is 5. The van der Waals surface area contributed by atoms with Crippen molar-refractivity contribution in [1.82, 2.24) is 14.8 Å².